The molecule has 102 valence electrons. The maximum atomic E-state index is 13.7. The molecule has 0 bridgehead atoms. The first kappa shape index (κ1) is 13.1. The van der Waals surface area contributed by atoms with Crippen LogP contribution >= 0.6 is 15.9 Å². The Hall–Kier alpha value is -1.88. The van der Waals surface area contributed by atoms with Gasteiger partial charge in [-0.15, -0.1) is 0 Å². The van der Waals surface area contributed by atoms with Crippen molar-refractivity contribution in [3.05, 3.63) is 58.6 Å². The molecule has 0 radical (unpaired) electrons. The molecule has 1 aromatic heterocycles. The van der Waals surface area contributed by atoms with Crippen molar-refractivity contribution in [2.45, 2.75) is 6.54 Å². The van der Waals surface area contributed by atoms with Gasteiger partial charge in [0.15, 0.2) is 0 Å². The minimum Gasteiger partial charge on any atom is -0.375 e. The molecule has 2 aromatic carbocycles. The molecular formula is C15H13BrFN3. The maximum absolute atomic E-state index is 13.7. The summed E-state index contributed by atoms with van der Waals surface area (Å²) in [6, 6.07) is 12.8. The van der Waals surface area contributed by atoms with Gasteiger partial charge < -0.3 is 9.88 Å². The summed E-state index contributed by atoms with van der Waals surface area (Å²) in [7, 11) is 1.96. The number of hydrogen-bond acceptors (Lipinski definition) is 2. The zero-order valence-electron chi connectivity index (χ0n) is 10.9. The van der Waals surface area contributed by atoms with Crippen molar-refractivity contribution in [2.75, 3.05) is 5.32 Å². The van der Waals surface area contributed by atoms with E-state index in [9.17, 15) is 4.39 Å². The Bertz CT molecular complexity index is 747. The molecule has 20 heavy (non-hydrogen) atoms. The number of halogens is 2. The lowest BCUT2D eigenvalue weighted by atomic mass is 10.3. The van der Waals surface area contributed by atoms with Crippen LogP contribution in [0, 0.1) is 5.82 Å². The Morgan fingerprint density at radius 1 is 1.20 bits per heavy atom. The minimum absolute atomic E-state index is 0.280. The second-order valence-corrected chi connectivity index (χ2v) is 5.38. The number of para-hydroxylation sites is 3. The lowest BCUT2D eigenvalue weighted by Gasteiger charge is -2.09. The Morgan fingerprint density at radius 2 is 2.00 bits per heavy atom. The SMILES string of the molecule is Cn1c(CNc2c(F)cccc2Br)nc2ccccc21. The first-order chi connectivity index (χ1) is 9.66. The number of aryl methyl sites for hydroxylation is 1. The molecule has 0 atom stereocenters. The highest BCUT2D eigenvalue weighted by Crippen LogP contribution is 2.26. The zero-order valence-corrected chi connectivity index (χ0v) is 12.5. The van der Waals surface area contributed by atoms with Crippen LogP contribution in [-0.4, -0.2) is 9.55 Å². The van der Waals surface area contributed by atoms with E-state index in [0.29, 0.717) is 16.7 Å². The predicted molar refractivity (Wildman–Crippen MR) is 82.1 cm³/mol. The number of hydrogen-bond donors (Lipinski definition) is 1. The molecule has 3 rings (SSSR count). The van der Waals surface area contributed by atoms with Gasteiger partial charge >= 0.3 is 0 Å². The van der Waals surface area contributed by atoms with Crippen molar-refractivity contribution < 1.29 is 4.39 Å². The number of anilines is 1. The van der Waals surface area contributed by atoms with Crippen LogP contribution in [0.4, 0.5) is 10.1 Å². The summed E-state index contributed by atoms with van der Waals surface area (Å²) in [5, 5.41) is 3.09. The van der Waals surface area contributed by atoms with Gasteiger partial charge in [0.2, 0.25) is 0 Å². The van der Waals surface area contributed by atoms with E-state index in [0.717, 1.165) is 16.9 Å². The average Bonchev–Trinajstić information content (AvgIpc) is 2.76. The van der Waals surface area contributed by atoms with E-state index in [1.807, 2.05) is 35.9 Å². The van der Waals surface area contributed by atoms with E-state index in [4.69, 9.17) is 0 Å². The molecule has 0 saturated heterocycles. The number of fused-ring (bicyclic) bond motifs is 1. The fourth-order valence-electron chi connectivity index (χ4n) is 2.19. The fraction of sp³-hybridized carbons (Fsp3) is 0.133. The maximum Gasteiger partial charge on any atom is 0.147 e. The highest BCUT2D eigenvalue weighted by atomic mass is 79.9. The number of nitrogens with one attached hydrogen (secondary N) is 1. The van der Waals surface area contributed by atoms with Crippen molar-refractivity contribution in [1.29, 1.82) is 0 Å². The molecule has 0 fully saturated rings. The molecule has 0 aliphatic heterocycles. The molecule has 0 aliphatic carbocycles. The van der Waals surface area contributed by atoms with Crippen molar-refractivity contribution in [3.63, 3.8) is 0 Å². The van der Waals surface area contributed by atoms with E-state index in [2.05, 4.69) is 26.2 Å². The van der Waals surface area contributed by atoms with Crippen molar-refractivity contribution in [2.24, 2.45) is 7.05 Å². The molecule has 1 heterocycles. The van der Waals surface area contributed by atoms with Gasteiger partial charge in [-0.05, 0) is 40.2 Å². The largest absolute Gasteiger partial charge is 0.375 e. The smallest absolute Gasteiger partial charge is 0.147 e. The zero-order chi connectivity index (χ0) is 14.1. The van der Waals surface area contributed by atoms with Crippen LogP contribution in [0.15, 0.2) is 46.9 Å². The fourth-order valence-corrected chi connectivity index (χ4v) is 2.67. The Labute approximate surface area is 124 Å². The van der Waals surface area contributed by atoms with Gasteiger partial charge in [0.1, 0.15) is 11.6 Å². The minimum atomic E-state index is -0.280. The van der Waals surface area contributed by atoms with E-state index < -0.39 is 0 Å². The number of imidazole rings is 1. The van der Waals surface area contributed by atoms with Gasteiger partial charge in [0, 0.05) is 11.5 Å². The summed E-state index contributed by atoms with van der Waals surface area (Å²) in [6.07, 6.45) is 0. The number of nitrogens with zero attached hydrogens (tertiary/aromatic N) is 2. The summed E-state index contributed by atoms with van der Waals surface area (Å²) < 4.78 is 16.5. The second-order valence-electron chi connectivity index (χ2n) is 4.53. The summed E-state index contributed by atoms with van der Waals surface area (Å²) in [4.78, 5) is 4.55. The first-order valence-corrected chi connectivity index (χ1v) is 7.04. The third-order valence-electron chi connectivity index (χ3n) is 3.27. The Kier molecular flexibility index (Phi) is 3.44. The highest BCUT2D eigenvalue weighted by Gasteiger charge is 2.09. The van der Waals surface area contributed by atoms with E-state index in [-0.39, 0.29) is 5.82 Å². The van der Waals surface area contributed by atoms with Gasteiger partial charge in [0.05, 0.1) is 23.3 Å². The molecular weight excluding hydrogens is 321 g/mol. The van der Waals surface area contributed by atoms with Crippen LogP contribution in [0.5, 0.6) is 0 Å². The third kappa shape index (κ3) is 2.29. The van der Waals surface area contributed by atoms with Gasteiger partial charge in [-0.2, -0.15) is 0 Å². The summed E-state index contributed by atoms with van der Waals surface area (Å²) in [5.41, 5.74) is 2.47. The number of benzene rings is 2. The monoisotopic (exact) mass is 333 g/mol. The lowest BCUT2D eigenvalue weighted by Crippen LogP contribution is -2.07. The predicted octanol–water partition coefficient (Wildman–Crippen LogP) is 4.09. The van der Waals surface area contributed by atoms with Crippen molar-refractivity contribution >= 4 is 32.7 Å². The molecule has 0 amide bonds. The summed E-state index contributed by atoms with van der Waals surface area (Å²) in [6.45, 7) is 0.463. The van der Waals surface area contributed by atoms with Crippen molar-refractivity contribution in [1.82, 2.24) is 9.55 Å². The third-order valence-corrected chi connectivity index (χ3v) is 3.93. The quantitative estimate of drug-likeness (QED) is 0.782. The van der Waals surface area contributed by atoms with Crippen LogP contribution in [-0.2, 0) is 13.6 Å². The van der Waals surface area contributed by atoms with Crippen molar-refractivity contribution in [3.8, 4) is 0 Å². The standard InChI is InChI=1S/C15H13BrFN3/c1-20-13-8-3-2-7-12(13)19-14(20)9-18-15-10(16)5-4-6-11(15)17/h2-8,18H,9H2,1H3. The van der Waals surface area contributed by atoms with Gasteiger partial charge in [0.25, 0.3) is 0 Å². The molecule has 0 saturated carbocycles. The van der Waals surface area contributed by atoms with Crippen LogP contribution in [0.1, 0.15) is 5.82 Å². The normalized spacial score (nSPS) is 10.9. The van der Waals surface area contributed by atoms with E-state index in [1.54, 1.807) is 12.1 Å². The lowest BCUT2D eigenvalue weighted by molar-refractivity contribution is 0.628. The summed E-state index contributed by atoms with van der Waals surface area (Å²) >= 11 is 3.34. The van der Waals surface area contributed by atoms with Gasteiger partial charge in [-0.1, -0.05) is 18.2 Å². The van der Waals surface area contributed by atoms with Crippen LogP contribution in [0.3, 0.4) is 0 Å². The van der Waals surface area contributed by atoms with Gasteiger partial charge in [-0.3, -0.25) is 0 Å². The van der Waals surface area contributed by atoms with E-state index in [1.165, 1.54) is 6.07 Å². The van der Waals surface area contributed by atoms with Crippen LogP contribution < -0.4 is 5.32 Å². The molecule has 3 aromatic rings. The molecule has 0 unspecified atom stereocenters. The van der Waals surface area contributed by atoms with Crippen LogP contribution in [0.2, 0.25) is 0 Å². The first-order valence-electron chi connectivity index (χ1n) is 6.25. The Morgan fingerprint density at radius 3 is 2.75 bits per heavy atom. The number of rotatable bonds is 3. The highest BCUT2D eigenvalue weighted by molar-refractivity contribution is 9.10. The molecule has 5 heteroatoms. The average molecular weight is 334 g/mol. The van der Waals surface area contributed by atoms with Gasteiger partial charge in [-0.25, -0.2) is 9.37 Å². The molecule has 3 nitrogen and oxygen atoms in total. The molecule has 0 aliphatic rings. The molecule has 1 N–H and O–H groups in total. The number of aromatic nitrogens is 2. The van der Waals surface area contributed by atoms with Crippen LogP contribution in [0.25, 0.3) is 11.0 Å². The van der Waals surface area contributed by atoms with E-state index >= 15 is 0 Å². The topological polar surface area (TPSA) is 29.9 Å². The Balaban J connectivity index is 1.89. The molecule has 0 spiro atoms. The summed E-state index contributed by atoms with van der Waals surface area (Å²) in [5.74, 6) is 0.583. The second kappa shape index (κ2) is 5.25.